The van der Waals surface area contributed by atoms with Crippen LogP contribution in [0, 0.1) is 11.6 Å². The quantitative estimate of drug-likeness (QED) is 0.881. The molecule has 0 radical (unpaired) electrons. The number of allylic oxidation sites excluding steroid dienone is 2. The zero-order chi connectivity index (χ0) is 18.3. The second kappa shape index (κ2) is 6.45. The number of H-pyrrole nitrogens is 1. The smallest absolute Gasteiger partial charge is 0.256 e. The molecule has 0 unspecified atom stereocenters. The Labute approximate surface area is 149 Å². The summed E-state index contributed by atoms with van der Waals surface area (Å²) in [5, 5.41) is 4.21. The predicted octanol–water partition coefficient (Wildman–Crippen LogP) is 3.63. The highest BCUT2D eigenvalue weighted by atomic mass is 19.2. The maximum Gasteiger partial charge on any atom is 0.256 e. The second-order valence-corrected chi connectivity index (χ2v) is 6.87. The van der Waals surface area contributed by atoms with Gasteiger partial charge in [-0.1, -0.05) is 31.2 Å². The SMILES string of the molecule is CC[C@]1(N[C@@H]2COCc3[nH]c(=O)c4cc(F)c(F)cc4c32)C=CC=CC1. The first-order chi connectivity index (χ1) is 12.5. The van der Waals surface area contributed by atoms with Crippen LogP contribution in [0.4, 0.5) is 8.78 Å². The van der Waals surface area contributed by atoms with Gasteiger partial charge in [-0.3, -0.25) is 10.1 Å². The standard InChI is InChI=1S/C20H20F2N2O2/c1-2-20(6-4-3-5-7-20)24-17-11-26-10-16-18(17)12-8-14(21)15(22)9-13(12)19(25)23-16/h3-6,8-9,17,24H,2,7,10-11H2,1H3,(H,23,25)/t17-,20+/m1/s1. The highest BCUT2D eigenvalue weighted by molar-refractivity contribution is 5.86. The lowest BCUT2D eigenvalue weighted by molar-refractivity contribution is 0.0711. The molecule has 2 heterocycles. The van der Waals surface area contributed by atoms with E-state index in [1.165, 1.54) is 0 Å². The molecule has 2 aliphatic rings. The fourth-order valence-corrected chi connectivity index (χ4v) is 3.86. The van der Waals surface area contributed by atoms with E-state index in [0.717, 1.165) is 30.5 Å². The summed E-state index contributed by atoms with van der Waals surface area (Å²) in [5.41, 5.74) is 0.713. The molecule has 26 heavy (non-hydrogen) atoms. The molecule has 2 aromatic rings. The molecular formula is C20H20F2N2O2. The number of ether oxygens (including phenoxy) is 1. The minimum absolute atomic E-state index is 0.154. The Morgan fingerprint density at radius 2 is 2.04 bits per heavy atom. The maximum atomic E-state index is 13.9. The Balaban J connectivity index is 1.86. The molecule has 136 valence electrons. The number of halogens is 2. The van der Waals surface area contributed by atoms with E-state index in [-0.39, 0.29) is 23.6 Å². The normalized spacial score (nSPS) is 24.8. The van der Waals surface area contributed by atoms with Crippen LogP contribution in [-0.2, 0) is 11.3 Å². The summed E-state index contributed by atoms with van der Waals surface area (Å²) in [5.74, 6) is -1.98. The summed E-state index contributed by atoms with van der Waals surface area (Å²) in [6.07, 6.45) is 9.92. The number of pyridine rings is 1. The molecule has 4 nitrogen and oxygen atoms in total. The Hall–Kier alpha value is -2.31. The highest BCUT2D eigenvalue weighted by Gasteiger charge is 2.33. The van der Waals surface area contributed by atoms with E-state index in [4.69, 9.17) is 4.74 Å². The van der Waals surface area contributed by atoms with Crippen LogP contribution < -0.4 is 10.9 Å². The van der Waals surface area contributed by atoms with Gasteiger partial charge < -0.3 is 9.72 Å². The number of aromatic amines is 1. The first-order valence-electron chi connectivity index (χ1n) is 8.76. The van der Waals surface area contributed by atoms with Gasteiger partial charge in [0.15, 0.2) is 11.6 Å². The number of benzene rings is 1. The molecule has 4 rings (SSSR count). The van der Waals surface area contributed by atoms with Gasteiger partial charge in [0.1, 0.15) is 0 Å². The topological polar surface area (TPSA) is 54.1 Å². The van der Waals surface area contributed by atoms with E-state index in [1.54, 1.807) is 0 Å². The van der Waals surface area contributed by atoms with Crippen LogP contribution in [0.25, 0.3) is 10.8 Å². The van der Waals surface area contributed by atoms with Gasteiger partial charge >= 0.3 is 0 Å². The van der Waals surface area contributed by atoms with E-state index in [0.29, 0.717) is 17.7 Å². The summed E-state index contributed by atoms with van der Waals surface area (Å²) in [6.45, 7) is 2.74. The van der Waals surface area contributed by atoms with Gasteiger partial charge in [0.25, 0.3) is 5.56 Å². The van der Waals surface area contributed by atoms with Crippen LogP contribution in [0.1, 0.15) is 37.1 Å². The Kier molecular flexibility index (Phi) is 4.25. The van der Waals surface area contributed by atoms with Gasteiger partial charge in [0.2, 0.25) is 0 Å². The summed E-state index contributed by atoms with van der Waals surface area (Å²) >= 11 is 0. The molecule has 1 aromatic carbocycles. The van der Waals surface area contributed by atoms with Gasteiger partial charge in [0, 0.05) is 16.8 Å². The fraction of sp³-hybridized carbons (Fsp3) is 0.350. The van der Waals surface area contributed by atoms with Crippen molar-refractivity contribution in [2.24, 2.45) is 0 Å². The lowest BCUT2D eigenvalue weighted by Crippen LogP contribution is -2.47. The fourth-order valence-electron chi connectivity index (χ4n) is 3.86. The van der Waals surface area contributed by atoms with E-state index in [2.05, 4.69) is 29.4 Å². The molecule has 0 saturated carbocycles. The van der Waals surface area contributed by atoms with Gasteiger partial charge in [-0.05, 0) is 30.4 Å². The van der Waals surface area contributed by atoms with Crippen LogP contribution >= 0.6 is 0 Å². The van der Waals surface area contributed by atoms with E-state index < -0.39 is 17.2 Å². The van der Waals surface area contributed by atoms with Crippen molar-refractivity contribution in [2.45, 2.75) is 38.0 Å². The van der Waals surface area contributed by atoms with Gasteiger partial charge in [-0.2, -0.15) is 0 Å². The van der Waals surface area contributed by atoms with Crippen molar-refractivity contribution < 1.29 is 13.5 Å². The molecule has 1 aromatic heterocycles. The van der Waals surface area contributed by atoms with Crippen molar-refractivity contribution in [1.29, 1.82) is 0 Å². The van der Waals surface area contributed by atoms with Crippen LogP contribution in [-0.4, -0.2) is 17.1 Å². The molecule has 0 fully saturated rings. The molecule has 1 aliphatic carbocycles. The number of fused-ring (bicyclic) bond motifs is 3. The van der Waals surface area contributed by atoms with Crippen LogP contribution in [0.3, 0.4) is 0 Å². The Bertz CT molecular complexity index is 980. The monoisotopic (exact) mass is 358 g/mol. The first-order valence-corrected chi connectivity index (χ1v) is 8.76. The molecule has 0 bridgehead atoms. The largest absolute Gasteiger partial charge is 0.373 e. The van der Waals surface area contributed by atoms with Crippen LogP contribution in [0.15, 0.2) is 41.2 Å². The molecule has 0 spiro atoms. The molecule has 6 heteroatoms. The average molecular weight is 358 g/mol. The molecule has 1 aliphatic heterocycles. The second-order valence-electron chi connectivity index (χ2n) is 6.87. The molecule has 0 amide bonds. The van der Waals surface area contributed by atoms with Crippen molar-refractivity contribution in [2.75, 3.05) is 6.61 Å². The van der Waals surface area contributed by atoms with E-state index >= 15 is 0 Å². The molecule has 0 saturated heterocycles. The van der Waals surface area contributed by atoms with Gasteiger partial charge in [-0.25, -0.2) is 8.78 Å². The predicted molar refractivity (Wildman–Crippen MR) is 95.9 cm³/mol. The zero-order valence-electron chi connectivity index (χ0n) is 14.4. The summed E-state index contributed by atoms with van der Waals surface area (Å²) in [7, 11) is 0. The highest BCUT2D eigenvalue weighted by Crippen LogP contribution is 2.34. The van der Waals surface area contributed by atoms with Crippen molar-refractivity contribution in [3.05, 3.63) is 69.7 Å². The van der Waals surface area contributed by atoms with E-state index in [9.17, 15) is 13.6 Å². The Morgan fingerprint density at radius 1 is 1.27 bits per heavy atom. The van der Waals surface area contributed by atoms with Gasteiger partial charge in [0.05, 0.1) is 24.6 Å². The van der Waals surface area contributed by atoms with Crippen molar-refractivity contribution in [3.63, 3.8) is 0 Å². The van der Waals surface area contributed by atoms with E-state index in [1.807, 2.05) is 12.2 Å². The average Bonchev–Trinajstić information content (AvgIpc) is 2.64. The van der Waals surface area contributed by atoms with Crippen LogP contribution in [0.2, 0.25) is 0 Å². The minimum Gasteiger partial charge on any atom is -0.373 e. The lowest BCUT2D eigenvalue weighted by atomic mass is 9.86. The minimum atomic E-state index is -1.02. The third-order valence-corrected chi connectivity index (χ3v) is 5.30. The maximum absolute atomic E-state index is 13.9. The molecule has 2 N–H and O–H groups in total. The third kappa shape index (κ3) is 2.79. The Morgan fingerprint density at radius 3 is 2.73 bits per heavy atom. The first kappa shape index (κ1) is 17.1. The number of hydrogen-bond acceptors (Lipinski definition) is 3. The van der Waals surface area contributed by atoms with Crippen molar-refractivity contribution >= 4 is 10.8 Å². The number of nitrogens with one attached hydrogen (secondary N) is 2. The third-order valence-electron chi connectivity index (χ3n) is 5.30. The van der Waals surface area contributed by atoms with Crippen molar-refractivity contribution in [1.82, 2.24) is 10.3 Å². The number of aromatic nitrogens is 1. The number of rotatable bonds is 3. The summed E-state index contributed by atoms with van der Waals surface area (Å²) < 4.78 is 33.2. The summed E-state index contributed by atoms with van der Waals surface area (Å²) in [6, 6.07) is 1.85. The van der Waals surface area contributed by atoms with Crippen molar-refractivity contribution in [3.8, 4) is 0 Å². The van der Waals surface area contributed by atoms with Crippen LogP contribution in [0.5, 0.6) is 0 Å². The van der Waals surface area contributed by atoms with Gasteiger partial charge in [-0.15, -0.1) is 0 Å². The summed E-state index contributed by atoms with van der Waals surface area (Å²) in [4.78, 5) is 15.1. The lowest BCUT2D eigenvalue weighted by Gasteiger charge is -2.38. The molecular weight excluding hydrogens is 338 g/mol. The molecule has 2 atom stereocenters. The zero-order valence-corrected chi connectivity index (χ0v) is 14.4. The number of hydrogen-bond donors (Lipinski definition) is 2.